The second-order valence-electron chi connectivity index (χ2n) is 7.98. The Balaban J connectivity index is -0.000000326. The highest BCUT2D eigenvalue weighted by atomic mass is 32.2. The van der Waals surface area contributed by atoms with Crippen molar-refractivity contribution < 1.29 is 27.1 Å². The van der Waals surface area contributed by atoms with E-state index in [1.165, 1.54) is 13.5 Å². The van der Waals surface area contributed by atoms with Crippen molar-refractivity contribution in [1.82, 2.24) is 5.32 Å². The average molecular weight is 592 g/mol. The SMILES string of the molecule is C#C.C#C.CC.CCC.CCCC(CCC)S(=O)(=O)CCC(=O)N[C@@H](Cc1cc(F)cc(F)c1)[C@H](O)CN.CN. The Hall–Kier alpha value is -2.50. The molecule has 0 saturated heterocycles. The average Bonchev–Trinajstić information content (AvgIpc) is 2.95. The van der Waals surface area contributed by atoms with Gasteiger partial charge in [-0.1, -0.05) is 60.8 Å². The molecular formula is C30H55F2N3O4S. The quantitative estimate of drug-likeness (QED) is 0.248. The van der Waals surface area contributed by atoms with Gasteiger partial charge in [-0.25, -0.2) is 17.2 Å². The van der Waals surface area contributed by atoms with Crippen LogP contribution in [-0.4, -0.2) is 56.2 Å². The minimum absolute atomic E-state index is 0.0418. The molecule has 0 radical (unpaired) electrons. The molecule has 1 amide bonds. The molecule has 0 fully saturated rings. The van der Waals surface area contributed by atoms with Crippen LogP contribution in [0.4, 0.5) is 8.78 Å². The number of benzene rings is 1. The van der Waals surface area contributed by atoms with Crippen molar-refractivity contribution in [2.75, 3.05) is 19.3 Å². The fourth-order valence-electron chi connectivity index (χ4n) is 3.26. The number of carbonyl (C=O) groups is 1. The molecule has 0 aromatic heterocycles. The van der Waals surface area contributed by atoms with Crippen LogP contribution in [0.5, 0.6) is 0 Å². The number of nitrogens with one attached hydrogen (secondary N) is 1. The number of halogens is 2. The number of terminal acetylenes is 2. The Bertz CT molecular complexity index is 831. The molecule has 0 heterocycles. The maximum Gasteiger partial charge on any atom is 0.221 e. The van der Waals surface area contributed by atoms with Gasteiger partial charge in [-0.15, -0.1) is 25.7 Å². The molecule has 0 bridgehead atoms. The highest BCUT2D eigenvalue weighted by molar-refractivity contribution is 7.92. The summed E-state index contributed by atoms with van der Waals surface area (Å²) >= 11 is 0. The number of hydrogen-bond donors (Lipinski definition) is 4. The van der Waals surface area contributed by atoms with Crippen LogP contribution >= 0.6 is 0 Å². The molecule has 40 heavy (non-hydrogen) atoms. The molecule has 7 nitrogen and oxygen atoms in total. The molecule has 234 valence electrons. The maximum atomic E-state index is 13.4. The minimum atomic E-state index is -3.42. The first-order chi connectivity index (χ1) is 19.0. The van der Waals surface area contributed by atoms with Gasteiger partial charge in [-0.05, 0) is 44.0 Å². The summed E-state index contributed by atoms with van der Waals surface area (Å²) in [4.78, 5) is 12.3. The summed E-state index contributed by atoms with van der Waals surface area (Å²) in [7, 11) is -1.92. The normalized spacial score (nSPS) is 11.0. The van der Waals surface area contributed by atoms with E-state index in [1.807, 2.05) is 27.7 Å². The number of sulfone groups is 1. The molecule has 0 aliphatic rings. The van der Waals surface area contributed by atoms with Gasteiger partial charge in [0.15, 0.2) is 9.84 Å². The van der Waals surface area contributed by atoms with E-state index in [-0.39, 0.29) is 30.7 Å². The van der Waals surface area contributed by atoms with Crippen molar-refractivity contribution >= 4 is 15.7 Å². The van der Waals surface area contributed by atoms with Gasteiger partial charge >= 0.3 is 0 Å². The van der Waals surface area contributed by atoms with Gasteiger partial charge in [-0.3, -0.25) is 4.79 Å². The van der Waals surface area contributed by atoms with Gasteiger partial charge in [0.1, 0.15) is 11.6 Å². The fraction of sp³-hybridized carbons (Fsp3) is 0.633. The summed E-state index contributed by atoms with van der Waals surface area (Å²) < 4.78 is 51.8. The molecule has 0 aliphatic carbocycles. The van der Waals surface area contributed by atoms with E-state index in [9.17, 15) is 27.1 Å². The lowest BCUT2D eigenvalue weighted by Gasteiger charge is -2.24. The lowest BCUT2D eigenvalue weighted by Crippen LogP contribution is -2.48. The van der Waals surface area contributed by atoms with Crippen molar-refractivity contribution in [2.24, 2.45) is 11.5 Å². The van der Waals surface area contributed by atoms with Gasteiger partial charge in [0.05, 0.1) is 23.1 Å². The fourth-order valence-corrected chi connectivity index (χ4v) is 5.25. The summed E-state index contributed by atoms with van der Waals surface area (Å²) in [5, 5.41) is 12.2. The van der Waals surface area contributed by atoms with Crippen LogP contribution in [0.25, 0.3) is 0 Å². The van der Waals surface area contributed by atoms with E-state index in [0.29, 0.717) is 12.8 Å². The third-order valence-electron chi connectivity index (χ3n) is 4.77. The van der Waals surface area contributed by atoms with E-state index in [0.717, 1.165) is 31.0 Å². The number of carbonyl (C=O) groups excluding carboxylic acids is 1. The zero-order valence-electron chi connectivity index (χ0n) is 25.6. The maximum absolute atomic E-state index is 13.4. The molecular weight excluding hydrogens is 536 g/mol. The Morgan fingerprint density at radius 1 is 0.950 bits per heavy atom. The van der Waals surface area contributed by atoms with E-state index in [1.54, 1.807) is 0 Å². The Morgan fingerprint density at radius 2 is 1.35 bits per heavy atom. The second kappa shape index (κ2) is 32.7. The van der Waals surface area contributed by atoms with Crippen molar-refractivity contribution in [3.8, 4) is 25.7 Å². The van der Waals surface area contributed by atoms with Gasteiger partial charge in [0.2, 0.25) is 5.91 Å². The lowest BCUT2D eigenvalue weighted by molar-refractivity contribution is -0.122. The van der Waals surface area contributed by atoms with Crippen LogP contribution in [0, 0.1) is 37.3 Å². The van der Waals surface area contributed by atoms with Gasteiger partial charge in [-0.2, -0.15) is 0 Å². The molecule has 0 unspecified atom stereocenters. The third kappa shape index (κ3) is 24.5. The first kappa shape index (κ1) is 47.3. The van der Waals surface area contributed by atoms with Crippen molar-refractivity contribution in [3.05, 3.63) is 35.4 Å². The monoisotopic (exact) mass is 591 g/mol. The Morgan fingerprint density at radius 3 is 1.70 bits per heavy atom. The highest BCUT2D eigenvalue weighted by Crippen LogP contribution is 2.17. The molecule has 1 aromatic rings. The second-order valence-corrected chi connectivity index (χ2v) is 10.4. The molecule has 0 spiro atoms. The van der Waals surface area contributed by atoms with E-state index in [2.05, 4.69) is 50.6 Å². The number of hydrogen-bond acceptors (Lipinski definition) is 6. The van der Waals surface area contributed by atoms with Crippen LogP contribution in [-0.2, 0) is 21.1 Å². The number of amides is 1. The molecule has 6 N–H and O–H groups in total. The van der Waals surface area contributed by atoms with Gasteiger partial charge in [0.25, 0.3) is 0 Å². The van der Waals surface area contributed by atoms with Crippen LogP contribution in [0.3, 0.4) is 0 Å². The van der Waals surface area contributed by atoms with E-state index in [4.69, 9.17) is 5.73 Å². The lowest BCUT2D eigenvalue weighted by atomic mass is 10.0. The first-order valence-electron chi connectivity index (χ1n) is 13.6. The minimum Gasteiger partial charge on any atom is -0.390 e. The number of aliphatic hydroxyl groups excluding tert-OH is 1. The Labute approximate surface area is 243 Å². The van der Waals surface area contributed by atoms with Gasteiger partial charge < -0.3 is 21.9 Å². The molecule has 1 rings (SSSR count). The zero-order chi connectivity index (χ0) is 32.7. The third-order valence-corrected chi connectivity index (χ3v) is 7.03. The van der Waals surface area contributed by atoms with Crippen LogP contribution in [0.15, 0.2) is 18.2 Å². The molecule has 0 aliphatic heterocycles. The van der Waals surface area contributed by atoms with Crippen LogP contribution in [0.2, 0.25) is 0 Å². The summed E-state index contributed by atoms with van der Waals surface area (Å²) in [5.41, 5.74) is 10.2. The predicted octanol–water partition coefficient (Wildman–Crippen LogP) is 4.60. The largest absolute Gasteiger partial charge is 0.390 e. The van der Waals surface area contributed by atoms with Gasteiger partial charge in [0, 0.05) is 19.0 Å². The number of nitrogens with two attached hydrogens (primary N) is 2. The molecule has 0 saturated carbocycles. The zero-order valence-corrected chi connectivity index (χ0v) is 26.4. The van der Waals surface area contributed by atoms with Crippen LogP contribution < -0.4 is 16.8 Å². The number of aliphatic hydroxyl groups is 1. The van der Waals surface area contributed by atoms with Crippen LogP contribution in [0.1, 0.15) is 85.6 Å². The summed E-state index contributed by atoms with van der Waals surface area (Å²) in [6.45, 7) is 11.9. The number of rotatable bonds is 13. The molecule has 10 heteroatoms. The van der Waals surface area contributed by atoms with E-state index >= 15 is 0 Å². The Kier molecular flexibility index (Phi) is 38.7. The van der Waals surface area contributed by atoms with Crippen molar-refractivity contribution in [3.63, 3.8) is 0 Å². The summed E-state index contributed by atoms with van der Waals surface area (Å²) in [5.74, 6) is -2.38. The molecule has 2 atom stereocenters. The summed E-state index contributed by atoms with van der Waals surface area (Å²) in [6, 6.07) is 2.05. The van der Waals surface area contributed by atoms with E-state index < -0.39 is 44.8 Å². The molecule has 1 aromatic carbocycles. The van der Waals surface area contributed by atoms with Crippen molar-refractivity contribution in [1.29, 1.82) is 0 Å². The topological polar surface area (TPSA) is 136 Å². The smallest absolute Gasteiger partial charge is 0.221 e. The highest BCUT2D eigenvalue weighted by Gasteiger charge is 2.26. The standard InChI is InChI=1S/C20H32F2N2O4S.C3H8.C2H6.2C2H2.CH5N/c1-3-5-17(6-4-2)29(27,28)8-7-20(26)24-18(19(25)13-23)11-14-9-15(21)12-16(22)10-14;1-3-2;4*1-2/h9-10,12,17-19,25H,3-8,11,13,23H2,1-2H3,(H,24,26);3H2,1-2H3;1-2H3;2*1-2H;2H2,1H3/t18-,19+;;;;;/m0...../s1. The predicted molar refractivity (Wildman–Crippen MR) is 166 cm³/mol. The summed E-state index contributed by atoms with van der Waals surface area (Å²) in [6.07, 6.45) is 18.4. The first-order valence-corrected chi connectivity index (χ1v) is 15.3. The van der Waals surface area contributed by atoms with Crippen molar-refractivity contribution in [2.45, 2.75) is 104 Å².